The molecule has 0 aliphatic rings. The molecule has 0 saturated carbocycles. The van der Waals surface area contributed by atoms with Crippen LogP contribution < -0.4 is 9.80 Å². The third-order valence-electron chi connectivity index (χ3n) is 14.0. The fourth-order valence-electron chi connectivity index (χ4n) is 10.4. The molecule has 0 radical (unpaired) electrons. The molecule has 0 fully saturated rings. The standard InChI is InChI=1S/C70H47N3/c1-5-15-50(16-6-1)55-25-34-60(35-26-55)71(61-36-27-56(28-37-61)51-17-7-2-8-18-51)65-43-45-69-67(48-65)68-49-66(44-46-70(68)73(69)64-42-33-54-23-13-14-24-59(54)47-64)72(62-38-29-57(30-39-62)52-19-9-3-10-20-52)63-40-31-58(32-41-63)53-21-11-4-12-22-53/h1-11,13-21,23-49H. The Morgan fingerprint density at radius 1 is 0.274 bits per heavy atom. The van der Waals surface area contributed by atoms with E-state index in [2.05, 4.69) is 299 Å². The summed E-state index contributed by atoms with van der Waals surface area (Å²) in [6, 6.07) is 109. The number of nitrogens with zero attached hydrogens (tertiary/aromatic N) is 3. The zero-order valence-corrected chi connectivity index (χ0v) is 40.0. The number of benzene rings is 11. The van der Waals surface area contributed by atoms with Crippen LogP contribution in [0.4, 0.5) is 34.1 Å². The van der Waals surface area contributed by atoms with Crippen LogP contribution in [0.3, 0.4) is 0 Å². The van der Waals surface area contributed by atoms with Gasteiger partial charge in [-0.25, -0.2) is 0 Å². The van der Waals surface area contributed by atoms with Gasteiger partial charge < -0.3 is 14.4 Å². The van der Waals surface area contributed by atoms with E-state index in [9.17, 15) is 0 Å². The first-order chi connectivity index (χ1) is 36.2. The van der Waals surface area contributed by atoms with Crippen molar-refractivity contribution in [2.24, 2.45) is 0 Å². The number of anilines is 6. The van der Waals surface area contributed by atoms with E-state index in [-0.39, 0.29) is 0 Å². The van der Waals surface area contributed by atoms with Gasteiger partial charge in [-0.3, -0.25) is 0 Å². The van der Waals surface area contributed by atoms with E-state index >= 15 is 0 Å². The molecule has 0 amide bonds. The molecule has 3 nitrogen and oxygen atoms in total. The first kappa shape index (κ1) is 43.2. The summed E-state index contributed by atoms with van der Waals surface area (Å²) in [5.74, 6) is 0. The SMILES string of the molecule is c1cccc(-c2ccc(N(c3ccc(-c4ccccc4)cc3)c3ccc4c(c3)c3cc(N(c5ccc(-c6ccccc6)cc5)c5ccc(-c6ccccc6)cc5)ccc3n4-c3ccc4ccccc4c3)cc2)c#1. The maximum atomic E-state index is 3.29. The van der Waals surface area contributed by atoms with Gasteiger partial charge in [-0.1, -0.05) is 188 Å². The molecule has 0 spiro atoms. The minimum Gasteiger partial charge on any atom is -0.310 e. The van der Waals surface area contributed by atoms with Crippen LogP contribution in [0, 0.1) is 12.1 Å². The van der Waals surface area contributed by atoms with E-state index < -0.39 is 0 Å². The summed E-state index contributed by atoms with van der Waals surface area (Å²) in [6.07, 6.45) is 0. The van der Waals surface area contributed by atoms with Crippen LogP contribution in [0.15, 0.2) is 285 Å². The van der Waals surface area contributed by atoms with Crippen LogP contribution in [0.5, 0.6) is 0 Å². The highest BCUT2D eigenvalue weighted by Crippen LogP contribution is 2.44. The molecular formula is C70H47N3. The van der Waals surface area contributed by atoms with Gasteiger partial charge in [0.25, 0.3) is 0 Å². The predicted molar refractivity (Wildman–Crippen MR) is 307 cm³/mol. The zero-order valence-electron chi connectivity index (χ0n) is 40.0. The molecule has 73 heavy (non-hydrogen) atoms. The molecule has 3 heteroatoms. The van der Waals surface area contributed by atoms with Crippen molar-refractivity contribution in [2.45, 2.75) is 0 Å². The molecule has 1 aromatic heterocycles. The van der Waals surface area contributed by atoms with Crippen LogP contribution in [-0.2, 0) is 0 Å². The lowest BCUT2D eigenvalue weighted by molar-refractivity contribution is 1.18. The highest BCUT2D eigenvalue weighted by molar-refractivity contribution is 6.12. The maximum Gasteiger partial charge on any atom is 0.0542 e. The van der Waals surface area contributed by atoms with Crippen LogP contribution in [0.1, 0.15) is 0 Å². The number of fused-ring (bicyclic) bond motifs is 4. The van der Waals surface area contributed by atoms with E-state index in [4.69, 9.17) is 0 Å². The summed E-state index contributed by atoms with van der Waals surface area (Å²) < 4.78 is 2.43. The number of hydrogen-bond donors (Lipinski definition) is 0. The quantitative estimate of drug-likeness (QED) is 0.128. The zero-order chi connectivity index (χ0) is 48.5. The third kappa shape index (κ3) is 8.34. The fraction of sp³-hybridized carbons (Fsp3) is 0. The predicted octanol–water partition coefficient (Wildman–Crippen LogP) is 19.1. The average Bonchev–Trinajstić information content (AvgIpc) is 3.80. The molecule has 0 aliphatic carbocycles. The molecule has 0 saturated heterocycles. The molecule has 0 bridgehead atoms. The lowest BCUT2D eigenvalue weighted by Gasteiger charge is -2.26. The van der Waals surface area contributed by atoms with Crippen molar-refractivity contribution in [3.63, 3.8) is 0 Å². The Morgan fingerprint density at radius 3 is 1.08 bits per heavy atom. The van der Waals surface area contributed by atoms with Gasteiger partial charge >= 0.3 is 0 Å². The number of hydrogen-bond acceptors (Lipinski definition) is 2. The Morgan fingerprint density at radius 2 is 0.658 bits per heavy atom. The largest absolute Gasteiger partial charge is 0.310 e. The van der Waals surface area contributed by atoms with E-state index in [1.165, 1.54) is 44.2 Å². The maximum absolute atomic E-state index is 3.29. The van der Waals surface area contributed by atoms with Crippen molar-refractivity contribution >= 4 is 66.7 Å². The minimum atomic E-state index is 1.01. The molecule has 13 aromatic rings. The normalized spacial score (nSPS) is 11.2. The van der Waals surface area contributed by atoms with Crippen LogP contribution in [0.2, 0.25) is 0 Å². The van der Waals surface area contributed by atoms with Gasteiger partial charge in [0.1, 0.15) is 0 Å². The van der Waals surface area contributed by atoms with Crippen molar-refractivity contribution in [1.82, 2.24) is 4.57 Å². The van der Waals surface area contributed by atoms with Gasteiger partial charge in [0.05, 0.1) is 11.0 Å². The van der Waals surface area contributed by atoms with Crippen LogP contribution in [0.25, 0.3) is 82.8 Å². The summed E-state index contributed by atoms with van der Waals surface area (Å²) in [7, 11) is 0. The first-order valence-electron chi connectivity index (χ1n) is 24.8. The third-order valence-corrected chi connectivity index (χ3v) is 14.0. The lowest BCUT2D eigenvalue weighted by atomic mass is 10.0. The topological polar surface area (TPSA) is 11.4 Å². The van der Waals surface area contributed by atoms with Gasteiger partial charge in [0.2, 0.25) is 0 Å². The van der Waals surface area contributed by atoms with Gasteiger partial charge in [-0.15, -0.1) is 0 Å². The van der Waals surface area contributed by atoms with Crippen LogP contribution >= 0.6 is 0 Å². The summed E-state index contributed by atoms with van der Waals surface area (Å²) in [5.41, 5.74) is 19.0. The molecule has 13 rings (SSSR count). The second kappa shape index (κ2) is 18.8. The van der Waals surface area contributed by atoms with Crippen molar-refractivity contribution in [1.29, 1.82) is 0 Å². The molecule has 342 valence electrons. The average molecular weight is 930 g/mol. The molecule has 0 aliphatic heterocycles. The lowest BCUT2D eigenvalue weighted by Crippen LogP contribution is -2.10. The van der Waals surface area contributed by atoms with Gasteiger partial charge in [0, 0.05) is 56.1 Å². The smallest absolute Gasteiger partial charge is 0.0542 e. The van der Waals surface area contributed by atoms with Gasteiger partial charge in [0.15, 0.2) is 0 Å². The van der Waals surface area contributed by atoms with Gasteiger partial charge in [-0.05, 0) is 159 Å². The van der Waals surface area contributed by atoms with Crippen LogP contribution in [-0.4, -0.2) is 4.57 Å². The second-order valence-corrected chi connectivity index (χ2v) is 18.4. The molecule has 0 N–H and O–H groups in total. The molecule has 0 atom stereocenters. The molecule has 1 heterocycles. The monoisotopic (exact) mass is 929 g/mol. The Bertz CT molecular complexity index is 3620. The summed E-state index contributed by atoms with van der Waals surface area (Å²) >= 11 is 0. The molecular weight excluding hydrogens is 883 g/mol. The van der Waals surface area contributed by atoms with Gasteiger partial charge in [-0.2, -0.15) is 0 Å². The Hall–Kier alpha value is -9.88. The highest BCUT2D eigenvalue weighted by atomic mass is 15.1. The van der Waals surface area contributed by atoms with E-state index in [1.54, 1.807) is 0 Å². The fourth-order valence-corrected chi connectivity index (χ4v) is 10.4. The number of aromatic nitrogens is 1. The Balaban J connectivity index is 1.00. The van der Waals surface area contributed by atoms with Crippen molar-refractivity contribution in [3.8, 4) is 50.2 Å². The summed E-state index contributed by atoms with van der Waals surface area (Å²) in [6.45, 7) is 0. The van der Waals surface area contributed by atoms with E-state index in [0.29, 0.717) is 0 Å². The summed E-state index contributed by atoms with van der Waals surface area (Å²) in [5, 5.41) is 4.72. The van der Waals surface area contributed by atoms with Crippen molar-refractivity contribution in [3.05, 3.63) is 297 Å². The highest BCUT2D eigenvalue weighted by Gasteiger charge is 2.21. The van der Waals surface area contributed by atoms with Crippen molar-refractivity contribution in [2.75, 3.05) is 9.80 Å². The molecule has 0 unspecified atom stereocenters. The van der Waals surface area contributed by atoms with E-state index in [0.717, 1.165) is 72.7 Å². The molecule has 12 aromatic carbocycles. The Kier molecular flexibility index (Phi) is 11.1. The first-order valence-corrected chi connectivity index (χ1v) is 24.8. The van der Waals surface area contributed by atoms with Crippen molar-refractivity contribution < 1.29 is 0 Å². The summed E-state index contributed by atoms with van der Waals surface area (Å²) in [4.78, 5) is 4.76. The minimum absolute atomic E-state index is 1.01. The Labute approximate surface area is 426 Å². The van der Waals surface area contributed by atoms with E-state index in [1.807, 2.05) is 12.1 Å². The number of rotatable bonds is 11. The second-order valence-electron chi connectivity index (χ2n) is 18.4.